The fourth-order valence-electron chi connectivity index (χ4n) is 2.17. The average Bonchev–Trinajstić information content (AvgIpc) is 2.30. The van der Waals surface area contributed by atoms with Gasteiger partial charge < -0.3 is 4.90 Å². The maximum atomic E-state index is 11.8. The number of rotatable bonds is 4. The molecule has 0 aromatic rings. The first-order chi connectivity index (χ1) is 7.77. The SMILES string of the molecule is N#CCN(CC#N)C(=O)CC1CCCCC1. The fourth-order valence-corrected chi connectivity index (χ4v) is 2.17. The van der Waals surface area contributed by atoms with Gasteiger partial charge >= 0.3 is 0 Å². The van der Waals surface area contributed by atoms with Gasteiger partial charge in [-0.1, -0.05) is 19.3 Å². The number of nitrogens with zero attached hydrogens (tertiary/aromatic N) is 3. The van der Waals surface area contributed by atoms with Crippen LogP contribution >= 0.6 is 0 Å². The van der Waals surface area contributed by atoms with E-state index in [1.165, 1.54) is 24.2 Å². The Kier molecular flexibility index (Phi) is 5.36. The van der Waals surface area contributed by atoms with E-state index in [-0.39, 0.29) is 19.0 Å². The first-order valence-electron chi connectivity index (χ1n) is 5.79. The van der Waals surface area contributed by atoms with Gasteiger partial charge in [-0.15, -0.1) is 0 Å². The topological polar surface area (TPSA) is 67.9 Å². The van der Waals surface area contributed by atoms with E-state index in [0.717, 1.165) is 12.8 Å². The molecule has 0 atom stereocenters. The van der Waals surface area contributed by atoms with Gasteiger partial charge in [-0.05, 0) is 18.8 Å². The van der Waals surface area contributed by atoms with E-state index in [9.17, 15) is 4.79 Å². The number of hydrogen-bond donors (Lipinski definition) is 0. The third kappa shape index (κ3) is 3.90. The summed E-state index contributed by atoms with van der Waals surface area (Å²) >= 11 is 0. The van der Waals surface area contributed by atoms with Crippen molar-refractivity contribution in [1.82, 2.24) is 4.90 Å². The van der Waals surface area contributed by atoms with Gasteiger partial charge in [0.25, 0.3) is 0 Å². The largest absolute Gasteiger partial charge is 0.316 e. The number of hydrogen-bond acceptors (Lipinski definition) is 3. The number of amides is 1. The Hall–Kier alpha value is -1.55. The number of carbonyl (C=O) groups is 1. The monoisotopic (exact) mass is 219 g/mol. The minimum absolute atomic E-state index is 0.0269. The number of carbonyl (C=O) groups excluding carboxylic acids is 1. The van der Waals surface area contributed by atoms with Crippen molar-refractivity contribution in [1.29, 1.82) is 10.5 Å². The minimum Gasteiger partial charge on any atom is -0.316 e. The van der Waals surface area contributed by atoms with Crippen LogP contribution in [0.2, 0.25) is 0 Å². The number of nitriles is 2. The molecule has 0 unspecified atom stereocenters. The van der Waals surface area contributed by atoms with E-state index in [0.29, 0.717) is 12.3 Å². The zero-order valence-electron chi connectivity index (χ0n) is 9.48. The molecular formula is C12H17N3O. The van der Waals surface area contributed by atoms with Crippen LogP contribution in [0.25, 0.3) is 0 Å². The predicted octanol–water partition coefficient (Wildman–Crippen LogP) is 1.83. The summed E-state index contributed by atoms with van der Waals surface area (Å²) in [4.78, 5) is 13.2. The Balaban J connectivity index is 2.41. The molecule has 16 heavy (non-hydrogen) atoms. The second kappa shape index (κ2) is 6.85. The molecule has 0 spiro atoms. The lowest BCUT2D eigenvalue weighted by atomic mass is 9.86. The first kappa shape index (κ1) is 12.5. The Morgan fingerprint density at radius 1 is 1.12 bits per heavy atom. The zero-order valence-corrected chi connectivity index (χ0v) is 9.48. The van der Waals surface area contributed by atoms with E-state index in [2.05, 4.69) is 0 Å². The third-order valence-electron chi connectivity index (χ3n) is 3.06. The van der Waals surface area contributed by atoms with E-state index >= 15 is 0 Å². The van der Waals surface area contributed by atoms with Gasteiger partial charge in [-0.2, -0.15) is 10.5 Å². The molecule has 1 rings (SSSR count). The van der Waals surface area contributed by atoms with Crippen LogP contribution in [0.5, 0.6) is 0 Å². The van der Waals surface area contributed by atoms with E-state index in [1.807, 2.05) is 12.1 Å². The standard InChI is InChI=1S/C12H17N3O/c13-6-8-15(9-7-14)12(16)10-11-4-2-1-3-5-11/h11H,1-5,8-10H2. The molecule has 0 aromatic carbocycles. The minimum atomic E-state index is -0.0463. The second-order valence-corrected chi connectivity index (χ2v) is 4.27. The van der Waals surface area contributed by atoms with Gasteiger partial charge in [-0.3, -0.25) is 4.79 Å². The van der Waals surface area contributed by atoms with Crippen LogP contribution in [0.4, 0.5) is 0 Å². The molecule has 0 aliphatic heterocycles. The average molecular weight is 219 g/mol. The highest BCUT2D eigenvalue weighted by Crippen LogP contribution is 2.26. The highest BCUT2D eigenvalue weighted by molar-refractivity contribution is 5.77. The van der Waals surface area contributed by atoms with Gasteiger partial charge in [-0.25, -0.2) is 0 Å². The normalized spacial score (nSPS) is 16.1. The van der Waals surface area contributed by atoms with E-state index in [1.54, 1.807) is 0 Å². The van der Waals surface area contributed by atoms with Crippen molar-refractivity contribution in [3.63, 3.8) is 0 Å². The molecule has 1 amide bonds. The van der Waals surface area contributed by atoms with Crippen LogP contribution in [0, 0.1) is 28.6 Å². The van der Waals surface area contributed by atoms with Gasteiger partial charge in [0.1, 0.15) is 13.1 Å². The van der Waals surface area contributed by atoms with Crippen molar-refractivity contribution in [3.8, 4) is 12.1 Å². The van der Waals surface area contributed by atoms with Crippen molar-refractivity contribution < 1.29 is 4.79 Å². The molecule has 0 radical (unpaired) electrons. The Labute approximate surface area is 96.5 Å². The summed E-state index contributed by atoms with van der Waals surface area (Å²) < 4.78 is 0. The Morgan fingerprint density at radius 2 is 1.69 bits per heavy atom. The molecule has 1 saturated carbocycles. The summed E-state index contributed by atoms with van der Waals surface area (Å²) in [6.45, 7) is 0.0538. The molecule has 4 nitrogen and oxygen atoms in total. The maximum absolute atomic E-state index is 11.8. The zero-order chi connectivity index (χ0) is 11.8. The molecule has 0 heterocycles. The lowest BCUT2D eigenvalue weighted by Gasteiger charge is -2.23. The van der Waals surface area contributed by atoms with E-state index < -0.39 is 0 Å². The van der Waals surface area contributed by atoms with Crippen LogP contribution in [-0.2, 0) is 4.79 Å². The quantitative estimate of drug-likeness (QED) is 0.677. The highest BCUT2D eigenvalue weighted by Gasteiger charge is 2.20. The summed E-state index contributed by atoms with van der Waals surface area (Å²) in [7, 11) is 0. The van der Waals surface area contributed by atoms with Gasteiger partial charge in [0.15, 0.2) is 0 Å². The van der Waals surface area contributed by atoms with Crippen LogP contribution in [-0.4, -0.2) is 23.9 Å². The smallest absolute Gasteiger partial charge is 0.224 e. The van der Waals surface area contributed by atoms with Gasteiger partial charge in [0, 0.05) is 6.42 Å². The molecule has 86 valence electrons. The molecular weight excluding hydrogens is 202 g/mol. The Morgan fingerprint density at radius 3 is 2.19 bits per heavy atom. The van der Waals surface area contributed by atoms with E-state index in [4.69, 9.17) is 10.5 Å². The van der Waals surface area contributed by atoms with Crippen molar-refractivity contribution in [2.75, 3.05) is 13.1 Å². The Bertz CT molecular complexity index is 291. The molecule has 1 aliphatic rings. The fraction of sp³-hybridized carbons (Fsp3) is 0.750. The molecule has 0 aromatic heterocycles. The lowest BCUT2D eigenvalue weighted by molar-refractivity contribution is -0.131. The van der Waals surface area contributed by atoms with Crippen molar-refractivity contribution >= 4 is 5.91 Å². The van der Waals surface area contributed by atoms with Gasteiger partial charge in [0.05, 0.1) is 12.1 Å². The molecule has 0 saturated heterocycles. The molecule has 4 heteroatoms. The highest BCUT2D eigenvalue weighted by atomic mass is 16.2. The lowest BCUT2D eigenvalue weighted by Crippen LogP contribution is -2.33. The summed E-state index contributed by atoms with van der Waals surface area (Å²) in [5, 5.41) is 17.1. The van der Waals surface area contributed by atoms with Crippen molar-refractivity contribution in [3.05, 3.63) is 0 Å². The van der Waals surface area contributed by atoms with Crippen LogP contribution in [0.1, 0.15) is 38.5 Å². The summed E-state index contributed by atoms with van der Waals surface area (Å²) in [6.07, 6.45) is 6.40. The molecule has 0 N–H and O–H groups in total. The van der Waals surface area contributed by atoms with Crippen LogP contribution < -0.4 is 0 Å². The van der Waals surface area contributed by atoms with Gasteiger partial charge in [0.2, 0.25) is 5.91 Å². The molecule has 1 aliphatic carbocycles. The second-order valence-electron chi connectivity index (χ2n) is 4.27. The predicted molar refractivity (Wildman–Crippen MR) is 59.0 cm³/mol. The van der Waals surface area contributed by atoms with Crippen LogP contribution in [0.3, 0.4) is 0 Å². The van der Waals surface area contributed by atoms with Crippen molar-refractivity contribution in [2.24, 2.45) is 5.92 Å². The molecule has 0 bridgehead atoms. The van der Waals surface area contributed by atoms with Crippen molar-refractivity contribution in [2.45, 2.75) is 38.5 Å². The summed E-state index contributed by atoms with van der Waals surface area (Å²) in [5.41, 5.74) is 0. The first-order valence-corrected chi connectivity index (χ1v) is 5.79. The summed E-state index contributed by atoms with van der Waals surface area (Å²) in [6, 6.07) is 3.85. The van der Waals surface area contributed by atoms with Crippen LogP contribution in [0.15, 0.2) is 0 Å². The maximum Gasteiger partial charge on any atom is 0.224 e. The molecule has 1 fully saturated rings. The third-order valence-corrected chi connectivity index (χ3v) is 3.06. The summed E-state index contributed by atoms with van der Waals surface area (Å²) in [5.74, 6) is 0.413.